The fraction of sp³-hybridized carbons (Fsp3) is 0.455. The number of phenolic OH excluding ortho intramolecular Hbond substituents is 1. The summed E-state index contributed by atoms with van der Waals surface area (Å²) in [5.41, 5.74) is -3.16. The molecule has 6 nitrogen and oxygen atoms in total. The van der Waals surface area contributed by atoms with Gasteiger partial charge < -0.3 is 14.9 Å². The number of aromatic nitrogens is 3. The van der Waals surface area contributed by atoms with Crippen molar-refractivity contribution in [3.63, 3.8) is 0 Å². The number of hydrogen-bond donors (Lipinski definition) is 1. The lowest BCUT2D eigenvalue weighted by Crippen LogP contribution is -2.65. The summed E-state index contributed by atoms with van der Waals surface area (Å²) in [6, 6.07) is 1.28. The van der Waals surface area contributed by atoms with Crippen LogP contribution in [0.1, 0.15) is 24.8 Å². The Morgan fingerprint density at radius 1 is 1.03 bits per heavy atom. The molecule has 0 atom stereocenters. The average molecular weight is 485 g/mol. The van der Waals surface area contributed by atoms with Gasteiger partial charge in [-0.2, -0.15) is 18.3 Å². The summed E-state index contributed by atoms with van der Waals surface area (Å²) in [6.07, 6.45) is -2.41. The summed E-state index contributed by atoms with van der Waals surface area (Å²) in [4.78, 5) is 8.55. The van der Waals surface area contributed by atoms with Gasteiger partial charge in [-0.1, -0.05) is 0 Å². The molecule has 5 rings (SSSR count). The van der Waals surface area contributed by atoms with Gasteiger partial charge in [0.15, 0.2) is 34.7 Å². The van der Waals surface area contributed by atoms with E-state index >= 15 is 4.39 Å². The molecule has 1 spiro atoms. The van der Waals surface area contributed by atoms with Crippen molar-refractivity contribution in [2.45, 2.75) is 31.0 Å². The minimum Gasteiger partial charge on any atom is -0.503 e. The van der Waals surface area contributed by atoms with E-state index in [9.17, 15) is 27.1 Å². The Balaban J connectivity index is 1.67. The van der Waals surface area contributed by atoms with E-state index in [1.165, 1.54) is 11.7 Å². The van der Waals surface area contributed by atoms with Gasteiger partial charge in [-0.15, -0.1) is 0 Å². The number of rotatable bonds is 2. The number of anilines is 1. The Morgan fingerprint density at radius 2 is 1.74 bits per heavy atom. The van der Waals surface area contributed by atoms with Crippen LogP contribution in [-0.4, -0.2) is 57.0 Å². The summed E-state index contributed by atoms with van der Waals surface area (Å²) < 4.78 is 85.0. The minimum absolute atomic E-state index is 0.0569. The summed E-state index contributed by atoms with van der Waals surface area (Å²) in [6.45, 7) is 2.01. The molecule has 1 aliphatic carbocycles. The van der Waals surface area contributed by atoms with Gasteiger partial charge in [-0.05, 0) is 38.4 Å². The molecule has 3 heterocycles. The van der Waals surface area contributed by atoms with E-state index in [2.05, 4.69) is 15.0 Å². The van der Waals surface area contributed by atoms with E-state index in [4.69, 9.17) is 0 Å². The lowest BCUT2D eigenvalue weighted by atomic mass is 9.73. The SMILES string of the molecule is CN1CCN(c2nc3c(cc2F)c(-c2cc(C(F)(F)F)c(F)c(O)c2F)nn3C)C2(CCC2)C1. The predicted molar refractivity (Wildman–Crippen MR) is 112 cm³/mol. The van der Waals surface area contributed by atoms with Crippen LogP contribution in [0.3, 0.4) is 0 Å². The molecule has 182 valence electrons. The maximum atomic E-state index is 15.4. The molecule has 2 aromatic heterocycles. The molecule has 1 N–H and O–H groups in total. The number of phenols is 1. The van der Waals surface area contributed by atoms with Crippen LogP contribution >= 0.6 is 0 Å². The van der Waals surface area contributed by atoms with Crippen LogP contribution in [-0.2, 0) is 13.2 Å². The van der Waals surface area contributed by atoms with Crippen molar-refractivity contribution in [1.82, 2.24) is 19.7 Å². The molecule has 12 heteroatoms. The number of pyridine rings is 1. The highest BCUT2D eigenvalue weighted by Crippen LogP contribution is 2.45. The Hall–Kier alpha value is -3.02. The monoisotopic (exact) mass is 485 g/mol. The van der Waals surface area contributed by atoms with E-state index in [1.807, 2.05) is 11.9 Å². The molecule has 1 aliphatic heterocycles. The van der Waals surface area contributed by atoms with Gasteiger partial charge in [0.05, 0.1) is 16.5 Å². The number of aromatic hydroxyl groups is 1. The second-order valence-electron chi connectivity index (χ2n) is 9.05. The van der Waals surface area contributed by atoms with Crippen LogP contribution in [0.5, 0.6) is 5.75 Å². The van der Waals surface area contributed by atoms with Gasteiger partial charge in [-0.25, -0.2) is 22.8 Å². The zero-order valence-corrected chi connectivity index (χ0v) is 18.3. The first-order valence-electron chi connectivity index (χ1n) is 10.7. The zero-order chi connectivity index (χ0) is 24.6. The molecule has 0 radical (unpaired) electrons. The molecular formula is C22H21F6N5O. The van der Waals surface area contributed by atoms with Crippen LogP contribution < -0.4 is 4.90 Å². The first-order chi connectivity index (χ1) is 15.9. The minimum atomic E-state index is -5.19. The maximum Gasteiger partial charge on any atom is 0.419 e. The number of piperazine rings is 1. The van der Waals surface area contributed by atoms with Crippen LogP contribution in [0.2, 0.25) is 0 Å². The molecule has 34 heavy (non-hydrogen) atoms. The van der Waals surface area contributed by atoms with Gasteiger partial charge in [0.25, 0.3) is 0 Å². The molecule has 1 saturated carbocycles. The van der Waals surface area contributed by atoms with E-state index in [0.29, 0.717) is 13.1 Å². The molecule has 2 fully saturated rings. The lowest BCUT2D eigenvalue weighted by molar-refractivity contribution is -0.140. The van der Waals surface area contributed by atoms with Gasteiger partial charge >= 0.3 is 6.18 Å². The van der Waals surface area contributed by atoms with Crippen molar-refractivity contribution >= 4 is 16.9 Å². The van der Waals surface area contributed by atoms with Gasteiger partial charge in [0.1, 0.15) is 5.69 Å². The van der Waals surface area contributed by atoms with Crippen molar-refractivity contribution in [1.29, 1.82) is 0 Å². The third-order valence-electron chi connectivity index (χ3n) is 6.87. The fourth-order valence-corrected chi connectivity index (χ4v) is 5.05. The maximum absolute atomic E-state index is 15.4. The number of hydrogen-bond acceptors (Lipinski definition) is 5. The van der Waals surface area contributed by atoms with Crippen LogP contribution in [0.15, 0.2) is 12.1 Å². The molecule has 1 aromatic carbocycles. The lowest BCUT2D eigenvalue weighted by Gasteiger charge is -2.56. The highest BCUT2D eigenvalue weighted by Gasteiger charge is 2.47. The molecule has 0 amide bonds. The quantitative estimate of drug-likeness (QED) is 0.544. The largest absolute Gasteiger partial charge is 0.503 e. The van der Waals surface area contributed by atoms with Gasteiger partial charge in [0.2, 0.25) is 0 Å². The Kier molecular flexibility index (Phi) is 5.01. The van der Waals surface area contributed by atoms with Crippen molar-refractivity contribution in [2.24, 2.45) is 7.05 Å². The summed E-state index contributed by atoms with van der Waals surface area (Å²) in [5, 5.41) is 13.7. The van der Waals surface area contributed by atoms with Gasteiger partial charge in [-0.3, -0.25) is 0 Å². The van der Waals surface area contributed by atoms with E-state index < -0.39 is 40.5 Å². The smallest absolute Gasteiger partial charge is 0.419 e. The number of benzene rings is 1. The summed E-state index contributed by atoms with van der Waals surface area (Å²) in [7, 11) is 3.44. The van der Waals surface area contributed by atoms with Crippen molar-refractivity contribution in [2.75, 3.05) is 31.6 Å². The molecule has 3 aromatic rings. The van der Waals surface area contributed by atoms with Crippen molar-refractivity contribution < 1.29 is 31.4 Å². The van der Waals surface area contributed by atoms with Crippen LogP contribution in [0, 0.1) is 17.5 Å². The van der Waals surface area contributed by atoms with Crippen molar-refractivity contribution in [3.05, 3.63) is 35.1 Å². The van der Waals surface area contributed by atoms with E-state index in [1.54, 1.807) is 0 Å². The predicted octanol–water partition coefficient (Wildman–Crippen LogP) is 4.45. The van der Waals surface area contributed by atoms with Crippen LogP contribution in [0.4, 0.5) is 32.2 Å². The number of alkyl halides is 3. The molecule has 0 unspecified atom stereocenters. The normalized spacial score (nSPS) is 18.6. The number of aryl methyl sites for hydroxylation is 1. The van der Waals surface area contributed by atoms with Crippen molar-refractivity contribution in [3.8, 4) is 17.0 Å². The highest BCUT2D eigenvalue weighted by molar-refractivity contribution is 5.93. The Labute approximate surface area is 190 Å². The zero-order valence-electron chi connectivity index (χ0n) is 18.3. The highest BCUT2D eigenvalue weighted by atomic mass is 19.4. The van der Waals surface area contributed by atoms with Crippen LogP contribution in [0.25, 0.3) is 22.3 Å². The van der Waals surface area contributed by atoms with E-state index in [-0.39, 0.29) is 34.2 Å². The Morgan fingerprint density at radius 3 is 2.35 bits per heavy atom. The topological polar surface area (TPSA) is 57.4 Å². The summed E-state index contributed by atoms with van der Waals surface area (Å²) >= 11 is 0. The number of nitrogens with zero attached hydrogens (tertiary/aromatic N) is 5. The molecular weight excluding hydrogens is 464 g/mol. The fourth-order valence-electron chi connectivity index (χ4n) is 5.05. The van der Waals surface area contributed by atoms with E-state index in [0.717, 1.165) is 31.9 Å². The first-order valence-corrected chi connectivity index (χ1v) is 10.7. The molecule has 2 aliphatic rings. The number of fused-ring (bicyclic) bond motifs is 1. The second-order valence-corrected chi connectivity index (χ2v) is 9.05. The van der Waals surface area contributed by atoms with Gasteiger partial charge in [0, 0.05) is 32.2 Å². The number of likely N-dealkylation sites (N-methyl/N-ethyl adjacent to an activating group) is 1. The second kappa shape index (κ2) is 7.49. The summed E-state index contributed by atoms with van der Waals surface area (Å²) in [5.74, 6) is -6.14. The standard InChI is InChI=1S/C22H21F6N5O/c1-31-6-7-33(21(10-31)4-3-5-21)20-14(23)9-12-17(30-32(2)19(12)29-20)11-8-13(22(26,27)28)16(25)18(34)15(11)24/h8-9,34H,3-7,10H2,1-2H3. The average Bonchev–Trinajstić information content (AvgIpc) is 3.04. The molecule has 1 saturated heterocycles. The first kappa shape index (κ1) is 22.8. The third kappa shape index (κ3) is 3.29. The Bertz CT molecular complexity index is 1300. The third-order valence-corrected chi connectivity index (χ3v) is 6.87. The number of halogens is 6. The molecule has 0 bridgehead atoms.